The Morgan fingerprint density at radius 1 is 1.42 bits per heavy atom. The van der Waals surface area contributed by atoms with Crippen molar-refractivity contribution in [1.82, 2.24) is 9.80 Å². The van der Waals surface area contributed by atoms with Crippen LogP contribution < -0.4 is 5.73 Å². The Morgan fingerprint density at radius 3 is 2.68 bits per heavy atom. The van der Waals surface area contributed by atoms with Crippen molar-refractivity contribution in [3.8, 4) is 0 Å². The summed E-state index contributed by atoms with van der Waals surface area (Å²) in [7, 11) is 4.27. The van der Waals surface area contributed by atoms with Gasteiger partial charge < -0.3 is 10.6 Å². The number of hydrogen-bond donors (Lipinski definition) is 1. The second-order valence-corrected chi connectivity index (χ2v) is 5.51. The first-order chi connectivity index (χ1) is 9.11. The standard InChI is InChI=1S/C15H24FN3/c1-18-8-6-14(7-9-18)19(2)15(11-17)12-4-3-5-13(16)10-12/h3-5,10,14-15H,6-9,11,17H2,1-2H3. The number of halogens is 1. The molecule has 1 unspecified atom stereocenters. The molecule has 1 aromatic rings. The molecule has 0 aromatic heterocycles. The van der Waals surface area contributed by atoms with Crippen LogP contribution in [0.25, 0.3) is 0 Å². The fourth-order valence-corrected chi connectivity index (χ4v) is 2.91. The summed E-state index contributed by atoms with van der Waals surface area (Å²) in [6.45, 7) is 2.76. The summed E-state index contributed by atoms with van der Waals surface area (Å²) in [5.74, 6) is -0.187. The van der Waals surface area contributed by atoms with E-state index in [4.69, 9.17) is 5.73 Å². The highest BCUT2D eigenvalue weighted by Crippen LogP contribution is 2.25. The zero-order chi connectivity index (χ0) is 13.8. The zero-order valence-electron chi connectivity index (χ0n) is 11.8. The normalized spacial score (nSPS) is 19.8. The molecule has 0 radical (unpaired) electrons. The van der Waals surface area contributed by atoms with E-state index >= 15 is 0 Å². The van der Waals surface area contributed by atoms with Gasteiger partial charge in [-0.05, 0) is 57.7 Å². The molecule has 1 aliphatic heterocycles. The number of piperidine rings is 1. The molecule has 0 spiro atoms. The van der Waals surface area contributed by atoms with Gasteiger partial charge in [0, 0.05) is 18.6 Å². The van der Waals surface area contributed by atoms with E-state index in [0.717, 1.165) is 31.5 Å². The van der Waals surface area contributed by atoms with Crippen LogP contribution in [0.5, 0.6) is 0 Å². The molecule has 19 heavy (non-hydrogen) atoms. The molecule has 1 heterocycles. The fraction of sp³-hybridized carbons (Fsp3) is 0.600. The van der Waals surface area contributed by atoms with Crippen LogP contribution in [0, 0.1) is 5.82 Å². The van der Waals surface area contributed by atoms with Gasteiger partial charge in [0.1, 0.15) is 5.82 Å². The maximum Gasteiger partial charge on any atom is 0.123 e. The average molecular weight is 265 g/mol. The molecular weight excluding hydrogens is 241 g/mol. The lowest BCUT2D eigenvalue weighted by Gasteiger charge is -2.39. The maximum absolute atomic E-state index is 13.4. The van der Waals surface area contributed by atoms with Crippen LogP contribution in [0.3, 0.4) is 0 Å². The van der Waals surface area contributed by atoms with E-state index < -0.39 is 0 Å². The molecule has 4 heteroatoms. The van der Waals surface area contributed by atoms with E-state index in [1.54, 1.807) is 12.1 Å². The summed E-state index contributed by atoms with van der Waals surface area (Å²) in [4.78, 5) is 4.67. The van der Waals surface area contributed by atoms with Gasteiger partial charge in [0.25, 0.3) is 0 Å². The maximum atomic E-state index is 13.4. The third-order valence-electron chi connectivity index (χ3n) is 4.21. The molecule has 3 nitrogen and oxygen atoms in total. The molecule has 2 N–H and O–H groups in total. The van der Waals surface area contributed by atoms with Crippen molar-refractivity contribution in [2.24, 2.45) is 5.73 Å². The monoisotopic (exact) mass is 265 g/mol. The summed E-state index contributed by atoms with van der Waals surface area (Å²) < 4.78 is 13.4. The average Bonchev–Trinajstić information content (AvgIpc) is 2.40. The third-order valence-corrected chi connectivity index (χ3v) is 4.21. The number of hydrogen-bond acceptors (Lipinski definition) is 3. The molecule has 1 fully saturated rings. The van der Waals surface area contributed by atoms with E-state index in [1.165, 1.54) is 6.07 Å². The fourth-order valence-electron chi connectivity index (χ4n) is 2.91. The topological polar surface area (TPSA) is 32.5 Å². The number of likely N-dealkylation sites (N-methyl/N-ethyl adjacent to an activating group) is 1. The summed E-state index contributed by atoms with van der Waals surface area (Å²) in [5.41, 5.74) is 6.89. The van der Waals surface area contributed by atoms with Crippen molar-refractivity contribution in [3.63, 3.8) is 0 Å². The molecule has 1 aliphatic rings. The van der Waals surface area contributed by atoms with Gasteiger partial charge in [0.05, 0.1) is 0 Å². The molecule has 1 atom stereocenters. The lowest BCUT2D eigenvalue weighted by molar-refractivity contribution is 0.109. The van der Waals surface area contributed by atoms with Gasteiger partial charge in [0.2, 0.25) is 0 Å². The van der Waals surface area contributed by atoms with Crippen LogP contribution in [0.15, 0.2) is 24.3 Å². The first-order valence-corrected chi connectivity index (χ1v) is 6.98. The first kappa shape index (κ1) is 14.4. The molecule has 0 aliphatic carbocycles. The van der Waals surface area contributed by atoms with Gasteiger partial charge >= 0.3 is 0 Å². The molecule has 0 saturated carbocycles. The van der Waals surface area contributed by atoms with Crippen LogP contribution in [-0.4, -0.2) is 49.6 Å². The Hall–Kier alpha value is -0.970. The Kier molecular flexibility index (Phi) is 4.91. The number of rotatable bonds is 4. The van der Waals surface area contributed by atoms with Crippen molar-refractivity contribution in [2.45, 2.75) is 24.9 Å². The van der Waals surface area contributed by atoms with Crippen molar-refractivity contribution in [3.05, 3.63) is 35.6 Å². The summed E-state index contributed by atoms with van der Waals surface area (Å²) in [6, 6.07) is 7.44. The van der Waals surface area contributed by atoms with Crippen molar-refractivity contribution in [2.75, 3.05) is 33.7 Å². The summed E-state index contributed by atoms with van der Waals surface area (Å²) >= 11 is 0. The summed E-state index contributed by atoms with van der Waals surface area (Å²) in [6.07, 6.45) is 2.30. The van der Waals surface area contributed by atoms with E-state index in [-0.39, 0.29) is 11.9 Å². The van der Waals surface area contributed by atoms with Crippen LogP contribution in [0.1, 0.15) is 24.4 Å². The Bertz CT molecular complexity index is 402. The minimum absolute atomic E-state index is 0.101. The highest BCUT2D eigenvalue weighted by Gasteiger charge is 2.26. The number of likely N-dealkylation sites (tertiary alicyclic amines) is 1. The van der Waals surface area contributed by atoms with Crippen LogP contribution in [-0.2, 0) is 0 Å². The van der Waals surface area contributed by atoms with Gasteiger partial charge in [-0.3, -0.25) is 4.90 Å². The largest absolute Gasteiger partial charge is 0.329 e. The smallest absolute Gasteiger partial charge is 0.123 e. The van der Waals surface area contributed by atoms with Gasteiger partial charge in [-0.1, -0.05) is 12.1 Å². The van der Waals surface area contributed by atoms with E-state index in [0.29, 0.717) is 12.6 Å². The van der Waals surface area contributed by atoms with E-state index in [2.05, 4.69) is 23.9 Å². The second kappa shape index (κ2) is 6.46. The second-order valence-electron chi connectivity index (χ2n) is 5.51. The Balaban J connectivity index is 2.08. The molecule has 0 bridgehead atoms. The minimum atomic E-state index is -0.187. The molecule has 0 amide bonds. The molecular formula is C15H24FN3. The molecule has 1 saturated heterocycles. The predicted molar refractivity (Wildman–Crippen MR) is 76.5 cm³/mol. The predicted octanol–water partition coefficient (Wildman–Crippen LogP) is 1.85. The lowest BCUT2D eigenvalue weighted by atomic mass is 9.98. The summed E-state index contributed by atoms with van der Waals surface area (Å²) in [5, 5.41) is 0. The van der Waals surface area contributed by atoms with Gasteiger partial charge in [-0.2, -0.15) is 0 Å². The molecule has 1 aromatic carbocycles. The van der Waals surface area contributed by atoms with Crippen LogP contribution in [0.2, 0.25) is 0 Å². The number of nitrogens with zero attached hydrogens (tertiary/aromatic N) is 2. The Labute approximate surface area is 115 Å². The Morgan fingerprint density at radius 2 is 2.11 bits per heavy atom. The highest BCUT2D eigenvalue weighted by molar-refractivity contribution is 5.20. The van der Waals surface area contributed by atoms with E-state index in [9.17, 15) is 4.39 Å². The number of benzene rings is 1. The third kappa shape index (κ3) is 3.53. The minimum Gasteiger partial charge on any atom is -0.329 e. The lowest BCUT2D eigenvalue weighted by Crippen LogP contribution is -2.45. The van der Waals surface area contributed by atoms with E-state index in [1.807, 2.05) is 6.07 Å². The van der Waals surface area contributed by atoms with Gasteiger partial charge in [-0.25, -0.2) is 4.39 Å². The van der Waals surface area contributed by atoms with Crippen LogP contribution in [0.4, 0.5) is 4.39 Å². The van der Waals surface area contributed by atoms with Gasteiger partial charge in [-0.15, -0.1) is 0 Å². The van der Waals surface area contributed by atoms with Crippen molar-refractivity contribution >= 4 is 0 Å². The highest BCUT2D eigenvalue weighted by atomic mass is 19.1. The van der Waals surface area contributed by atoms with Crippen molar-refractivity contribution in [1.29, 1.82) is 0 Å². The first-order valence-electron chi connectivity index (χ1n) is 6.98. The zero-order valence-corrected chi connectivity index (χ0v) is 11.8. The molecule has 2 rings (SSSR count). The quantitative estimate of drug-likeness (QED) is 0.902. The van der Waals surface area contributed by atoms with Crippen LogP contribution >= 0.6 is 0 Å². The van der Waals surface area contributed by atoms with Gasteiger partial charge in [0.15, 0.2) is 0 Å². The molecule has 106 valence electrons. The number of nitrogens with two attached hydrogens (primary N) is 1. The SMILES string of the molecule is CN1CCC(N(C)C(CN)c2cccc(F)c2)CC1. The van der Waals surface area contributed by atoms with Crippen molar-refractivity contribution < 1.29 is 4.39 Å².